The van der Waals surface area contributed by atoms with Crippen molar-refractivity contribution in [2.75, 3.05) is 10.6 Å². The van der Waals surface area contributed by atoms with Crippen molar-refractivity contribution in [1.29, 1.82) is 0 Å². The largest absolute Gasteiger partial charge is 0.416 e. The number of aromatic nitrogens is 1. The lowest BCUT2D eigenvalue weighted by Gasteiger charge is -2.10. The molecule has 0 spiro atoms. The first kappa shape index (κ1) is 18.4. The average molecular weight is 371 g/mol. The molecule has 0 radical (unpaired) electrons. The summed E-state index contributed by atoms with van der Waals surface area (Å²) in [6.45, 7) is 0.588. The number of amides is 1. The summed E-state index contributed by atoms with van der Waals surface area (Å²) in [6, 6.07) is 17.3. The second-order valence-corrected chi connectivity index (χ2v) is 5.80. The maximum Gasteiger partial charge on any atom is 0.416 e. The van der Waals surface area contributed by atoms with E-state index in [2.05, 4.69) is 15.6 Å². The number of hydrogen-bond acceptors (Lipinski definition) is 3. The summed E-state index contributed by atoms with van der Waals surface area (Å²) in [7, 11) is 0. The Morgan fingerprint density at radius 2 is 1.63 bits per heavy atom. The molecule has 2 aromatic carbocycles. The van der Waals surface area contributed by atoms with Crippen molar-refractivity contribution in [3.05, 3.63) is 89.7 Å². The molecule has 0 aliphatic carbocycles. The predicted molar refractivity (Wildman–Crippen MR) is 97.4 cm³/mol. The molecule has 1 heterocycles. The molecule has 0 atom stereocenters. The highest BCUT2D eigenvalue weighted by Crippen LogP contribution is 2.29. The molecule has 3 aromatic rings. The fraction of sp³-hybridized carbons (Fsp3) is 0.100. The van der Waals surface area contributed by atoms with Crippen molar-refractivity contribution in [3.8, 4) is 0 Å². The first-order valence-electron chi connectivity index (χ1n) is 8.14. The van der Waals surface area contributed by atoms with Gasteiger partial charge in [-0.25, -0.2) is 0 Å². The summed E-state index contributed by atoms with van der Waals surface area (Å²) in [5, 5.41) is 5.74. The Morgan fingerprint density at radius 3 is 2.30 bits per heavy atom. The number of anilines is 2. The van der Waals surface area contributed by atoms with Gasteiger partial charge in [-0.05, 0) is 42.0 Å². The molecule has 3 rings (SSSR count). The minimum Gasteiger partial charge on any atom is -0.381 e. The number of nitrogens with one attached hydrogen (secondary N) is 2. The first-order chi connectivity index (χ1) is 12.9. The summed E-state index contributed by atoms with van der Waals surface area (Å²) < 4.78 is 37.7. The molecule has 4 nitrogen and oxygen atoms in total. The zero-order valence-corrected chi connectivity index (χ0v) is 14.1. The number of hydrogen-bond donors (Lipinski definition) is 2. The van der Waals surface area contributed by atoms with Crippen LogP contribution >= 0.6 is 0 Å². The van der Waals surface area contributed by atoms with Gasteiger partial charge in [0.15, 0.2) is 0 Å². The van der Waals surface area contributed by atoms with Crippen LogP contribution in [0.25, 0.3) is 0 Å². The molecule has 7 heteroatoms. The van der Waals surface area contributed by atoms with Gasteiger partial charge in [-0.1, -0.05) is 30.3 Å². The molecule has 2 N–H and O–H groups in total. The highest BCUT2D eigenvalue weighted by atomic mass is 19.4. The van der Waals surface area contributed by atoms with Crippen molar-refractivity contribution >= 4 is 17.3 Å². The van der Waals surface area contributed by atoms with Gasteiger partial charge in [-0.3, -0.25) is 9.78 Å². The SMILES string of the molecule is O=C(Nc1ccc(C(F)(F)F)cc1)c1cc(NCc2ccccc2)ccn1. The second kappa shape index (κ2) is 7.90. The lowest BCUT2D eigenvalue weighted by molar-refractivity contribution is -0.137. The van der Waals surface area contributed by atoms with Gasteiger partial charge in [0.2, 0.25) is 0 Å². The molecule has 0 bridgehead atoms. The Balaban J connectivity index is 1.64. The number of rotatable bonds is 5. The van der Waals surface area contributed by atoms with Crippen LogP contribution in [0.5, 0.6) is 0 Å². The van der Waals surface area contributed by atoms with E-state index in [1.54, 1.807) is 12.1 Å². The van der Waals surface area contributed by atoms with Gasteiger partial charge in [-0.15, -0.1) is 0 Å². The summed E-state index contributed by atoms with van der Waals surface area (Å²) in [5.74, 6) is -0.502. The fourth-order valence-electron chi connectivity index (χ4n) is 2.40. The van der Waals surface area contributed by atoms with Crippen molar-refractivity contribution in [2.24, 2.45) is 0 Å². The summed E-state index contributed by atoms with van der Waals surface area (Å²) in [5.41, 5.74) is 1.45. The average Bonchev–Trinajstić information content (AvgIpc) is 2.67. The van der Waals surface area contributed by atoms with E-state index in [0.717, 1.165) is 17.7 Å². The summed E-state index contributed by atoms with van der Waals surface area (Å²) in [6.07, 6.45) is -2.92. The molecular formula is C20H16F3N3O. The lowest BCUT2D eigenvalue weighted by atomic mass is 10.2. The van der Waals surface area contributed by atoms with E-state index in [1.165, 1.54) is 18.3 Å². The van der Waals surface area contributed by atoms with Gasteiger partial charge in [0.1, 0.15) is 5.69 Å². The van der Waals surface area contributed by atoms with Crippen LogP contribution in [-0.2, 0) is 12.7 Å². The second-order valence-electron chi connectivity index (χ2n) is 5.80. The van der Waals surface area contributed by atoms with Gasteiger partial charge in [0.25, 0.3) is 5.91 Å². The van der Waals surface area contributed by atoms with Crippen LogP contribution in [-0.4, -0.2) is 10.9 Å². The number of alkyl halides is 3. The van der Waals surface area contributed by atoms with Crippen LogP contribution < -0.4 is 10.6 Å². The minimum atomic E-state index is -4.41. The Morgan fingerprint density at radius 1 is 0.926 bits per heavy atom. The zero-order valence-electron chi connectivity index (χ0n) is 14.1. The van der Waals surface area contributed by atoms with Crippen LogP contribution in [0.1, 0.15) is 21.6 Å². The van der Waals surface area contributed by atoms with Crippen LogP contribution in [0.15, 0.2) is 72.9 Å². The standard InChI is InChI=1S/C20H16F3N3O/c21-20(22,23)15-6-8-16(9-7-15)26-19(27)18-12-17(10-11-24-18)25-13-14-4-2-1-3-5-14/h1-12H,13H2,(H,24,25)(H,26,27). The molecular weight excluding hydrogens is 355 g/mol. The van der Waals surface area contributed by atoms with Crippen LogP contribution in [0, 0.1) is 0 Å². The zero-order chi connectivity index (χ0) is 19.3. The van der Waals surface area contributed by atoms with Gasteiger partial charge in [0, 0.05) is 24.1 Å². The lowest BCUT2D eigenvalue weighted by Crippen LogP contribution is -2.14. The Kier molecular flexibility index (Phi) is 5.40. The van der Waals surface area contributed by atoms with E-state index in [-0.39, 0.29) is 11.4 Å². The van der Waals surface area contributed by atoms with Gasteiger partial charge >= 0.3 is 6.18 Å². The minimum absolute atomic E-state index is 0.160. The maximum absolute atomic E-state index is 12.6. The van der Waals surface area contributed by atoms with Crippen molar-refractivity contribution in [1.82, 2.24) is 4.98 Å². The van der Waals surface area contributed by atoms with Crippen molar-refractivity contribution in [2.45, 2.75) is 12.7 Å². The Hall–Kier alpha value is -3.35. The third-order valence-corrected chi connectivity index (χ3v) is 3.80. The normalized spacial score (nSPS) is 11.1. The molecule has 138 valence electrons. The molecule has 27 heavy (non-hydrogen) atoms. The predicted octanol–water partition coefficient (Wildman–Crippen LogP) is 4.96. The molecule has 1 amide bonds. The van der Waals surface area contributed by atoms with Crippen LogP contribution in [0.3, 0.4) is 0 Å². The number of carbonyl (C=O) groups is 1. The van der Waals surface area contributed by atoms with Gasteiger partial charge in [-0.2, -0.15) is 13.2 Å². The molecule has 0 saturated carbocycles. The van der Waals surface area contributed by atoms with Crippen molar-refractivity contribution in [3.63, 3.8) is 0 Å². The first-order valence-corrected chi connectivity index (χ1v) is 8.14. The van der Waals surface area contributed by atoms with Gasteiger partial charge < -0.3 is 10.6 Å². The topological polar surface area (TPSA) is 54.0 Å². The van der Waals surface area contributed by atoms with Crippen LogP contribution in [0.2, 0.25) is 0 Å². The fourth-order valence-corrected chi connectivity index (χ4v) is 2.40. The molecule has 0 saturated heterocycles. The Labute approximate surface area is 154 Å². The van der Waals surface area contributed by atoms with E-state index in [1.807, 2.05) is 30.3 Å². The molecule has 1 aromatic heterocycles. The number of carbonyl (C=O) groups excluding carboxylic acids is 1. The Bertz CT molecular complexity index is 910. The number of benzene rings is 2. The monoisotopic (exact) mass is 371 g/mol. The molecule has 0 aliphatic heterocycles. The highest BCUT2D eigenvalue weighted by molar-refractivity contribution is 6.03. The quantitative estimate of drug-likeness (QED) is 0.666. The smallest absolute Gasteiger partial charge is 0.381 e. The van der Waals surface area contributed by atoms with E-state index in [0.29, 0.717) is 12.2 Å². The van der Waals surface area contributed by atoms with E-state index >= 15 is 0 Å². The van der Waals surface area contributed by atoms with E-state index < -0.39 is 17.6 Å². The molecule has 0 fully saturated rings. The highest BCUT2D eigenvalue weighted by Gasteiger charge is 2.30. The summed E-state index contributed by atoms with van der Waals surface area (Å²) >= 11 is 0. The third kappa shape index (κ3) is 5.07. The number of halogens is 3. The molecule has 0 unspecified atom stereocenters. The third-order valence-electron chi connectivity index (χ3n) is 3.80. The molecule has 0 aliphatic rings. The van der Waals surface area contributed by atoms with E-state index in [4.69, 9.17) is 0 Å². The number of pyridine rings is 1. The van der Waals surface area contributed by atoms with E-state index in [9.17, 15) is 18.0 Å². The number of nitrogens with zero attached hydrogens (tertiary/aromatic N) is 1. The van der Waals surface area contributed by atoms with Gasteiger partial charge in [0.05, 0.1) is 5.56 Å². The van der Waals surface area contributed by atoms with Crippen molar-refractivity contribution < 1.29 is 18.0 Å². The maximum atomic E-state index is 12.6. The summed E-state index contributed by atoms with van der Waals surface area (Å²) in [4.78, 5) is 16.3. The van der Waals surface area contributed by atoms with Crippen LogP contribution in [0.4, 0.5) is 24.5 Å².